The van der Waals surface area contributed by atoms with Crippen LogP contribution in [0.15, 0.2) is 42.5 Å². The first kappa shape index (κ1) is 28.6. The van der Waals surface area contributed by atoms with Gasteiger partial charge < -0.3 is 20.5 Å². The summed E-state index contributed by atoms with van der Waals surface area (Å²) in [6.07, 6.45) is -1.67. The van der Waals surface area contributed by atoms with Crippen molar-refractivity contribution >= 4 is 11.8 Å². The molecule has 2 amide bonds. The van der Waals surface area contributed by atoms with E-state index in [1.807, 2.05) is 0 Å². The topological polar surface area (TPSA) is 105 Å². The average molecular weight is 575 g/mol. The van der Waals surface area contributed by atoms with Crippen LogP contribution >= 0.6 is 0 Å². The Morgan fingerprint density at radius 1 is 1.24 bits per heavy atom. The Bertz CT molecular complexity index is 1470. The fourth-order valence-corrected chi connectivity index (χ4v) is 4.89. The van der Waals surface area contributed by atoms with Gasteiger partial charge in [-0.15, -0.1) is 0 Å². The highest BCUT2D eigenvalue weighted by atomic mass is 19.4. The van der Waals surface area contributed by atoms with Gasteiger partial charge in [-0.2, -0.15) is 18.3 Å². The number of carbonyl (C=O) groups excluding carboxylic acids is 2. The molecular formula is C29H30F4N4O4. The largest absolute Gasteiger partial charge is 0.484 e. The Morgan fingerprint density at radius 3 is 2.71 bits per heavy atom. The van der Waals surface area contributed by atoms with Crippen molar-refractivity contribution in [1.29, 1.82) is 0 Å². The van der Waals surface area contributed by atoms with Gasteiger partial charge in [-0.05, 0) is 68.0 Å². The van der Waals surface area contributed by atoms with E-state index in [2.05, 4.69) is 15.7 Å². The van der Waals surface area contributed by atoms with Crippen LogP contribution in [-0.2, 0) is 12.8 Å². The molecule has 3 N–H and O–H groups in total. The first-order chi connectivity index (χ1) is 19.5. The predicted octanol–water partition coefficient (Wildman–Crippen LogP) is 4.05. The molecule has 5 rings (SSSR count). The number of nitrogens with zero attached hydrogens (tertiary/aromatic N) is 2. The molecule has 1 fully saturated rings. The van der Waals surface area contributed by atoms with Crippen LogP contribution in [0, 0.1) is 18.2 Å². The average Bonchev–Trinajstić information content (AvgIpc) is 3.62. The van der Waals surface area contributed by atoms with Crippen LogP contribution < -0.4 is 15.4 Å². The van der Waals surface area contributed by atoms with Crippen LogP contribution in [0.5, 0.6) is 5.75 Å². The summed E-state index contributed by atoms with van der Waals surface area (Å²) in [5.41, 5.74) is 1.56. The maximum absolute atomic E-state index is 14.5. The second kappa shape index (κ2) is 11.2. The highest BCUT2D eigenvalue weighted by molar-refractivity contribution is 6.08. The van der Waals surface area contributed by atoms with Crippen molar-refractivity contribution in [3.63, 3.8) is 0 Å². The lowest BCUT2D eigenvalue weighted by atomic mass is 9.95. The molecule has 0 spiro atoms. The second-order valence-electron chi connectivity index (χ2n) is 10.8. The molecule has 41 heavy (non-hydrogen) atoms. The molecule has 1 aromatic heterocycles. The number of fused-ring (bicyclic) bond motifs is 1. The zero-order chi connectivity index (χ0) is 29.4. The number of hydrogen-bond donors (Lipinski definition) is 3. The third-order valence-electron chi connectivity index (χ3n) is 7.57. The minimum atomic E-state index is -4.44. The minimum Gasteiger partial charge on any atom is -0.484 e. The molecule has 2 heterocycles. The first-order valence-corrected chi connectivity index (χ1v) is 13.3. The number of aromatic nitrogens is 2. The van der Waals surface area contributed by atoms with Crippen molar-refractivity contribution in [3.05, 3.63) is 76.4 Å². The van der Waals surface area contributed by atoms with Gasteiger partial charge in [0.2, 0.25) is 0 Å². The van der Waals surface area contributed by atoms with Crippen LogP contribution in [0.3, 0.4) is 0 Å². The Kier molecular flexibility index (Phi) is 7.78. The van der Waals surface area contributed by atoms with E-state index in [-0.39, 0.29) is 47.3 Å². The molecule has 1 saturated carbocycles. The maximum atomic E-state index is 14.5. The van der Waals surface area contributed by atoms with Gasteiger partial charge in [-0.25, -0.2) is 9.07 Å². The molecule has 1 atom stereocenters. The van der Waals surface area contributed by atoms with Crippen LogP contribution in [0.2, 0.25) is 0 Å². The number of aliphatic hydroxyl groups excluding tert-OH is 1. The summed E-state index contributed by atoms with van der Waals surface area (Å²) in [5.74, 6) is -1.43. The van der Waals surface area contributed by atoms with Crippen molar-refractivity contribution in [2.75, 3.05) is 19.8 Å². The minimum absolute atomic E-state index is 0.0116. The summed E-state index contributed by atoms with van der Waals surface area (Å²) in [6.45, 7) is 0.400. The van der Waals surface area contributed by atoms with E-state index in [1.165, 1.54) is 22.9 Å². The molecule has 1 aliphatic carbocycles. The van der Waals surface area contributed by atoms with Gasteiger partial charge in [0.25, 0.3) is 11.8 Å². The van der Waals surface area contributed by atoms with Gasteiger partial charge in [0.1, 0.15) is 17.3 Å². The molecule has 0 radical (unpaired) electrons. The lowest BCUT2D eigenvalue weighted by Gasteiger charge is -2.23. The molecule has 2 aromatic carbocycles. The number of hydrogen-bond acceptors (Lipinski definition) is 5. The van der Waals surface area contributed by atoms with Crippen molar-refractivity contribution in [2.24, 2.45) is 5.41 Å². The fourth-order valence-electron chi connectivity index (χ4n) is 4.89. The Hall–Kier alpha value is -3.93. The van der Waals surface area contributed by atoms with E-state index in [4.69, 9.17) is 4.74 Å². The summed E-state index contributed by atoms with van der Waals surface area (Å²) in [7, 11) is 0. The molecule has 0 unspecified atom stereocenters. The number of aryl methyl sites for hydroxylation is 2. The number of amides is 2. The van der Waals surface area contributed by atoms with Crippen molar-refractivity contribution in [3.8, 4) is 11.4 Å². The second-order valence-corrected chi connectivity index (χ2v) is 10.8. The van der Waals surface area contributed by atoms with E-state index in [0.29, 0.717) is 30.5 Å². The summed E-state index contributed by atoms with van der Waals surface area (Å²) >= 11 is 0. The van der Waals surface area contributed by atoms with Crippen molar-refractivity contribution in [1.82, 2.24) is 20.4 Å². The van der Waals surface area contributed by atoms with Gasteiger partial charge >= 0.3 is 6.18 Å². The summed E-state index contributed by atoms with van der Waals surface area (Å²) in [4.78, 5) is 26.7. The van der Waals surface area contributed by atoms with Gasteiger partial charge in [-0.3, -0.25) is 9.59 Å². The first-order valence-electron chi connectivity index (χ1n) is 13.3. The number of rotatable bonds is 10. The molecule has 0 bridgehead atoms. The maximum Gasteiger partial charge on any atom is 0.422 e. The third kappa shape index (κ3) is 6.53. The summed E-state index contributed by atoms with van der Waals surface area (Å²) in [6, 6.07) is 10.4. The SMILES string of the molecule is Cc1ccc(-n2nc3c(c2C(=O)NCC2(CO)CC2)C(=O)N[C@@H](CCc2cccc(OCC(F)(F)F)c2)C3)cc1F. The van der Waals surface area contributed by atoms with E-state index < -0.39 is 30.4 Å². The van der Waals surface area contributed by atoms with E-state index >= 15 is 0 Å². The lowest BCUT2D eigenvalue weighted by molar-refractivity contribution is -0.153. The van der Waals surface area contributed by atoms with E-state index in [0.717, 1.165) is 18.4 Å². The number of benzene rings is 2. The zero-order valence-corrected chi connectivity index (χ0v) is 22.4. The number of ether oxygens (including phenoxy) is 1. The summed E-state index contributed by atoms with van der Waals surface area (Å²) in [5, 5.41) is 19.9. The third-order valence-corrected chi connectivity index (χ3v) is 7.57. The highest BCUT2D eigenvalue weighted by Gasteiger charge is 2.43. The molecule has 2 aliphatic rings. The number of nitrogens with one attached hydrogen (secondary N) is 2. The number of alkyl halides is 3. The number of carbonyl (C=O) groups is 2. The van der Waals surface area contributed by atoms with E-state index in [1.54, 1.807) is 31.2 Å². The molecule has 0 saturated heterocycles. The van der Waals surface area contributed by atoms with Crippen LogP contribution in [0.4, 0.5) is 17.6 Å². The molecule has 3 aromatic rings. The van der Waals surface area contributed by atoms with Crippen LogP contribution in [0.1, 0.15) is 56.9 Å². The number of halogens is 4. The van der Waals surface area contributed by atoms with Crippen LogP contribution in [-0.4, -0.2) is 58.7 Å². The number of aliphatic hydroxyl groups is 1. The van der Waals surface area contributed by atoms with Gasteiger partial charge in [0.15, 0.2) is 6.61 Å². The quantitative estimate of drug-likeness (QED) is 0.317. The Labute approximate surface area is 233 Å². The Balaban J connectivity index is 1.36. The smallest absolute Gasteiger partial charge is 0.422 e. The molecule has 218 valence electrons. The molecule has 8 nitrogen and oxygen atoms in total. The van der Waals surface area contributed by atoms with Crippen molar-refractivity contribution in [2.45, 2.75) is 51.2 Å². The Morgan fingerprint density at radius 2 is 2.02 bits per heavy atom. The lowest BCUT2D eigenvalue weighted by Crippen LogP contribution is -2.42. The van der Waals surface area contributed by atoms with E-state index in [9.17, 15) is 32.3 Å². The highest BCUT2D eigenvalue weighted by Crippen LogP contribution is 2.44. The van der Waals surface area contributed by atoms with Gasteiger partial charge in [-0.1, -0.05) is 18.2 Å². The van der Waals surface area contributed by atoms with Crippen LogP contribution in [0.25, 0.3) is 5.69 Å². The van der Waals surface area contributed by atoms with Gasteiger partial charge in [0.05, 0.1) is 23.6 Å². The molecule has 1 aliphatic heterocycles. The normalized spacial score (nSPS) is 17.5. The van der Waals surface area contributed by atoms with Crippen molar-refractivity contribution < 1.29 is 37.0 Å². The zero-order valence-electron chi connectivity index (χ0n) is 22.4. The fraction of sp³-hybridized carbons (Fsp3) is 0.414. The summed E-state index contributed by atoms with van der Waals surface area (Å²) < 4.78 is 58.1. The molecule has 12 heteroatoms. The monoisotopic (exact) mass is 574 g/mol. The molecular weight excluding hydrogens is 544 g/mol. The standard InChI is InChI=1S/C29H30F4N4O4/c1-17-5-8-20(13-22(17)30)37-25(27(40)34-14-28(15-38)9-10-28)24-23(36-37)12-19(35-26(24)39)7-6-18-3-2-4-21(11-18)41-16-29(31,32)33/h2-5,8,11,13,19,38H,6-7,9-10,12,14-16H2,1H3,(H,34,40)(H,35,39)/t19-/m0/s1. The van der Waals surface area contributed by atoms with Gasteiger partial charge in [0, 0.05) is 24.4 Å². The predicted molar refractivity (Wildman–Crippen MR) is 141 cm³/mol.